The van der Waals surface area contributed by atoms with E-state index in [1.54, 1.807) is 24.3 Å². The van der Waals surface area contributed by atoms with Gasteiger partial charge >= 0.3 is 103 Å². The van der Waals surface area contributed by atoms with Crippen molar-refractivity contribution in [3.63, 3.8) is 0 Å². The number of aliphatic carboxylic acids is 2. The van der Waals surface area contributed by atoms with Crippen LogP contribution < -0.4 is 118 Å². The van der Waals surface area contributed by atoms with Gasteiger partial charge in [-0.15, -0.1) is 22.0 Å². The van der Waals surface area contributed by atoms with Crippen LogP contribution in [0.25, 0.3) is 0 Å². The second-order valence-corrected chi connectivity index (χ2v) is 10.0. The Morgan fingerprint density at radius 1 is 1.27 bits per heavy atom. The summed E-state index contributed by atoms with van der Waals surface area (Å²) in [7, 11) is 0. The largest absolute Gasteiger partial charge is 1.00 e. The molecule has 4 atom stereocenters. The Bertz CT molecular complexity index is 1200. The zero-order valence-electron chi connectivity index (χ0n) is 20.0. The smallest absolute Gasteiger partial charge is 0.550 e. The zero-order chi connectivity index (χ0) is 25.3. The van der Waals surface area contributed by atoms with E-state index < -0.39 is 58.6 Å². The minimum atomic E-state index is -1.67. The van der Waals surface area contributed by atoms with Crippen molar-refractivity contribution in [2.24, 2.45) is 0 Å². The maximum Gasteiger partial charge on any atom is 1.00 e. The second kappa shape index (κ2) is 14.5. The molecule has 17 heteroatoms. The molecule has 2 amide bonds. The van der Waals surface area contributed by atoms with E-state index in [2.05, 4.69) is 25.9 Å². The molecule has 2 aliphatic heterocycles. The number of nitrogens with one attached hydrogen (secondary N) is 2. The van der Waals surface area contributed by atoms with Crippen LogP contribution in [0.5, 0.6) is 0 Å². The fraction of sp³-hybridized carbons (Fsp3) is 0.350. The maximum atomic E-state index is 12.9. The van der Waals surface area contributed by atoms with E-state index in [1.807, 2.05) is 6.92 Å². The van der Waals surface area contributed by atoms with Gasteiger partial charge in [-0.25, -0.2) is 0 Å². The van der Waals surface area contributed by atoms with Gasteiger partial charge in [0.15, 0.2) is 6.10 Å². The number of β-lactam (4-membered cyclic amide) rings is 1. The third-order valence-electron chi connectivity index (χ3n) is 5.44. The number of aliphatic hydroxyl groups excluding tert-OH is 1. The van der Waals surface area contributed by atoms with Gasteiger partial charge in [-0.2, -0.15) is 5.21 Å². The van der Waals surface area contributed by atoms with E-state index in [0.29, 0.717) is 5.56 Å². The van der Waals surface area contributed by atoms with Gasteiger partial charge in [0.05, 0.1) is 11.7 Å². The van der Waals surface area contributed by atoms with E-state index in [1.165, 1.54) is 0 Å². The number of carboxylic acids is 2. The van der Waals surface area contributed by atoms with Crippen LogP contribution in [0.4, 0.5) is 0 Å². The minimum absolute atomic E-state index is 0. The van der Waals surface area contributed by atoms with Crippen molar-refractivity contribution in [3.05, 3.63) is 46.7 Å². The van der Waals surface area contributed by atoms with Crippen LogP contribution in [0.1, 0.15) is 23.7 Å². The number of nitrogens with zero attached hydrogens (tertiary/aromatic N) is 4. The molecule has 3 unspecified atom stereocenters. The van der Waals surface area contributed by atoms with Gasteiger partial charge in [0.1, 0.15) is 11.4 Å². The number of carbonyl (C=O) groups is 4. The van der Waals surface area contributed by atoms with Crippen molar-refractivity contribution in [1.82, 2.24) is 30.8 Å². The number of fused-ring (bicyclic) bond motifs is 1. The molecular formula is C20H18K2N6O7S2. The number of aromatic amines is 1. The van der Waals surface area contributed by atoms with Crippen LogP contribution in [0, 0.1) is 6.92 Å². The molecule has 1 aromatic carbocycles. The molecule has 1 saturated heterocycles. The van der Waals surface area contributed by atoms with Gasteiger partial charge < -0.3 is 30.2 Å². The Morgan fingerprint density at radius 3 is 2.51 bits per heavy atom. The number of amides is 2. The molecule has 37 heavy (non-hydrogen) atoms. The van der Waals surface area contributed by atoms with Crippen molar-refractivity contribution in [2.75, 3.05) is 5.75 Å². The average Bonchev–Trinajstić information content (AvgIpc) is 3.33. The molecule has 0 bridgehead atoms. The molecule has 13 nitrogen and oxygen atoms in total. The summed E-state index contributed by atoms with van der Waals surface area (Å²) < 4.78 is 0. The number of aryl methyl sites for hydroxylation is 1. The van der Waals surface area contributed by atoms with Crippen molar-refractivity contribution >= 4 is 47.3 Å². The third-order valence-corrected chi connectivity index (χ3v) is 7.87. The number of aromatic nitrogens is 4. The standard InChI is InChI=1S/C20H20N6O7S2.2K/c1-8-2-4-9(5-3-8)15(29)16(30)21-13-17(31)26-14(19(32)33)10(7-34-18(13)26)11(6-12(27)28)35-20-22-24-25-23-20;;/h2-5,11,13,15,18,29H,6-7H2,1H3,(H,21,30)(H,27,28)(H,32,33)(H,22,23,24,25);;/q;2*+1/p-2/t11?,13?,15?,18-;;/m0../s1. The first-order chi connectivity index (χ1) is 16.7. The number of thioether (sulfide) groups is 2. The molecule has 4 rings (SSSR count). The van der Waals surface area contributed by atoms with Gasteiger partial charge in [-0.1, -0.05) is 41.6 Å². The Balaban J connectivity index is 0.00000241. The van der Waals surface area contributed by atoms with Crippen LogP contribution >= 0.6 is 23.5 Å². The molecule has 1 aromatic heterocycles. The third kappa shape index (κ3) is 7.53. The number of rotatable bonds is 9. The van der Waals surface area contributed by atoms with Gasteiger partial charge in [0.25, 0.3) is 11.8 Å². The minimum Gasteiger partial charge on any atom is -0.550 e. The molecule has 184 valence electrons. The van der Waals surface area contributed by atoms with Crippen molar-refractivity contribution in [2.45, 2.75) is 41.3 Å². The van der Waals surface area contributed by atoms with Gasteiger partial charge in [-0.3, -0.25) is 14.5 Å². The summed E-state index contributed by atoms with van der Waals surface area (Å²) in [4.78, 5) is 49.7. The summed E-state index contributed by atoms with van der Waals surface area (Å²) in [5, 5.41) is 47.6. The fourth-order valence-electron chi connectivity index (χ4n) is 3.73. The summed E-state index contributed by atoms with van der Waals surface area (Å²) in [5.74, 6) is -4.60. The maximum absolute atomic E-state index is 12.9. The van der Waals surface area contributed by atoms with Gasteiger partial charge in [-0.05, 0) is 23.3 Å². The summed E-state index contributed by atoms with van der Waals surface area (Å²) in [6, 6.07) is 5.56. The summed E-state index contributed by atoms with van der Waals surface area (Å²) in [5.41, 5.74) is 0.944. The molecule has 3 N–H and O–H groups in total. The molecular weight excluding hydrogens is 579 g/mol. The predicted octanol–water partition coefficient (Wildman–Crippen LogP) is -8.75. The molecule has 0 spiro atoms. The first kappa shape index (κ1) is 33.1. The van der Waals surface area contributed by atoms with E-state index in [9.17, 15) is 34.5 Å². The fourth-order valence-corrected chi connectivity index (χ4v) is 6.25. The normalized spacial score (nSPS) is 19.9. The Hall–Kier alpha value is -0.157. The quantitative estimate of drug-likeness (QED) is 0.140. The zero-order valence-corrected chi connectivity index (χ0v) is 27.9. The van der Waals surface area contributed by atoms with Crippen LogP contribution in [-0.4, -0.2) is 76.8 Å². The molecule has 0 saturated carbocycles. The van der Waals surface area contributed by atoms with Crippen LogP contribution in [0.15, 0.2) is 40.7 Å². The van der Waals surface area contributed by atoms with Crippen molar-refractivity contribution in [3.8, 4) is 0 Å². The Labute approximate surface area is 304 Å². The van der Waals surface area contributed by atoms with Crippen LogP contribution in [0.3, 0.4) is 0 Å². The average molecular weight is 597 g/mol. The Kier molecular flexibility index (Phi) is 12.9. The number of carbonyl (C=O) groups excluding carboxylic acids is 4. The summed E-state index contributed by atoms with van der Waals surface area (Å²) >= 11 is 2.00. The molecule has 1 fully saturated rings. The first-order valence-corrected chi connectivity index (χ1v) is 12.1. The number of benzene rings is 1. The second-order valence-electron chi connectivity index (χ2n) is 7.75. The molecule has 0 aliphatic carbocycles. The number of H-pyrrole nitrogens is 1. The number of tetrazole rings is 1. The summed E-state index contributed by atoms with van der Waals surface area (Å²) in [6.07, 6.45) is -2.09. The number of hydrogen-bond donors (Lipinski definition) is 3. The van der Waals surface area contributed by atoms with E-state index in [4.69, 9.17) is 0 Å². The van der Waals surface area contributed by atoms with Crippen LogP contribution in [0.2, 0.25) is 0 Å². The molecule has 2 aliphatic rings. The number of carboxylic acid groups (broad SMARTS) is 2. The van der Waals surface area contributed by atoms with E-state index in [-0.39, 0.29) is 119 Å². The van der Waals surface area contributed by atoms with E-state index >= 15 is 0 Å². The number of aliphatic hydroxyl groups is 1. The van der Waals surface area contributed by atoms with Crippen molar-refractivity contribution < 1.29 is 137 Å². The predicted molar refractivity (Wildman–Crippen MR) is 117 cm³/mol. The van der Waals surface area contributed by atoms with E-state index in [0.717, 1.165) is 34.0 Å². The van der Waals surface area contributed by atoms with Crippen LogP contribution in [-0.2, 0) is 19.2 Å². The molecule has 2 aromatic rings. The summed E-state index contributed by atoms with van der Waals surface area (Å²) in [6.45, 7) is 1.85. The molecule has 3 heterocycles. The SMILES string of the molecule is Cc1ccc(C(O)C(=O)NC2C(=O)N3C(C(=O)[O-])=C(C(CC(=O)[O-])Sc4nn[nH]n4)CS[C@@H]23)cc1.[K+].[K+]. The van der Waals surface area contributed by atoms with Crippen molar-refractivity contribution in [1.29, 1.82) is 0 Å². The first-order valence-electron chi connectivity index (χ1n) is 10.2. The molecule has 0 radical (unpaired) electrons. The topological polar surface area (TPSA) is 204 Å². The Morgan fingerprint density at radius 2 is 1.95 bits per heavy atom. The van der Waals surface area contributed by atoms with Gasteiger partial charge in [0.2, 0.25) is 5.16 Å². The number of hydrogen-bond acceptors (Lipinski definition) is 12. The monoisotopic (exact) mass is 596 g/mol. The van der Waals surface area contributed by atoms with Gasteiger partial charge in [0, 0.05) is 23.4 Å².